The zero-order valence-electron chi connectivity index (χ0n) is 17.6. The predicted octanol–water partition coefficient (Wildman–Crippen LogP) is 2.15. The highest BCUT2D eigenvalue weighted by molar-refractivity contribution is 6.03. The number of carbonyl (C=O) groups excluding carboxylic acids is 2. The van der Waals surface area contributed by atoms with Gasteiger partial charge in [-0.25, -0.2) is 0 Å². The van der Waals surface area contributed by atoms with Gasteiger partial charge in [-0.05, 0) is 29.8 Å². The van der Waals surface area contributed by atoms with E-state index in [4.69, 9.17) is 4.74 Å². The fraction of sp³-hybridized carbons (Fsp3) is 0.200. The minimum Gasteiger partial charge on any atom is -0.488 e. The number of benzene rings is 3. The molecule has 0 aliphatic carbocycles. The molecule has 31 heavy (non-hydrogen) atoms. The molecule has 0 bridgehead atoms. The highest BCUT2D eigenvalue weighted by Gasteiger charge is 2.15. The van der Waals surface area contributed by atoms with Crippen molar-refractivity contribution in [2.45, 2.75) is 6.54 Å². The SMILES string of the molecule is C[NH+](CCOc1ccccc1)CC(=O)Nc1ccccc1C(=O)NCc1ccccc1. The highest BCUT2D eigenvalue weighted by Crippen LogP contribution is 2.15. The lowest BCUT2D eigenvalue weighted by molar-refractivity contribution is -0.871. The molecule has 1 unspecified atom stereocenters. The average Bonchev–Trinajstić information content (AvgIpc) is 2.79. The first kappa shape index (κ1) is 22.1. The fourth-order valence-corrected chi connectivity index (χ4v) is 3.08. The minimum absolute atomic E-state index is 0.152. The molecule has 0 fully saturated rings. The zero-order chi connectivity index (χ0) is 21.9. The van der Waals surface area contributed by atoms with E-state index >= 15 is 0 Å². The van der Waals surface area contributed by atoms with Crippen LogP contribution in [0.4, 0.5) is 5.69 Å². The van der Waals surface area contributed by atoms with Crippen molar-refractivity contribution < 1.29 is 19.2 Å². The third kappa shape index (κ3) is 7.28. The largest absolute Gasteiger partial charge is 0.488 e. The number of hydrogen-bond donors (Lipinski definition) is 3. The summed E-state index contributed by atoms with van der Waals surface area (Å²) < 4.78 is 5.68. The number of amides is 2. The Balaban J connectivity index is 1.48. The summed E-state index contributed by atoms with van der Waals surface area (Å²) in [5.74, 6) is 0.437. The van der Waals surface area contributed by atoms with Crippen molar-refractivity contribution >= 4 is 17.5 Å². The van der Waals surface area contributed by atoms with Crippen molar-refractivity contribution in [3.8, 4) is 5.75 Å². The maximum absolute atomic E-state index is 12.6. The Morgan fingerprint density at radius 3 is 2.26 bits per heavy atom. The van der Waals surface area contributed by atoms with E-state index in [0.717, 1.165) is 16.2 Å². The molecular formula is C25H28N3O3+. The molecule has 0 heterocycles. The van der Waals surface area contributed by atoms with Gasteiger partial charge in [0.15, 0.2) is 6.54 Å². The number of carbonyl (C=O) groups is 2. The molecule has 6 heteroatoms. The van der Waals surface area contributed by atoms with Crippen LogP contribution in [0, 0.1) is 0 Å². The van der Waals surface area contributed by atoms with Crippen molar-refractivity contribution in [2.75, 3.05) is 32.1 Å². The topological polar surface area (TPSA) is 71.9 Å². The fourth-order valence-electron chi connectivity index (χ4n) is 3.08. The number of anilines is 1. The Morgan fingerprint density at radius 1 is 0.871 bits per heavy atom. The van der Waals surface area contributed by atoms with Crippen LogP contribution < -0.4 is 20.3 Å². The number of likely N-dealkylation sites (N-methyl/N-ethyl adjacent to an activating group) is 1. The number of rotatable bonds is 10. The summed E-state index contributed by atoms with van der Waals surface area (Å²) in [6.45, 7) is 1.90. The number of nitrogens with one attached hydrogen (secondary N) is 3. The predicted molar refractivity (Wildman–Crippen MR) is 121 cm³/mol. The molecule has 3 aromatic rings. The Hall–Kier alpha value is -3.64. The van der Waals surface area contributed by atoms with Crippen LogP contribution in [0.25, 0.3) is 0 Å². The molecule has 0 aliphatic heterocycles. The van der Waals surface area contributed by atoms with Crippen LogP contribution in [0.1, 0.15) is 15.9 Å². The molecule has 1 atom stereocenters. The van der Waals surface area contributed by atoms with Crippen LogP contribution in [-0.2, 0) is 11.3 Å². The molecular weight excluding hydrogens is 390 g/mol. The molecule has 0 spiro atoms. The standard InChI is InChI=1S/C25H27N3O3/c1-28(16-17-31-21-12-6-3-7-13-21)19-24(29)27-23-15-9-8-14-22(23)25(30)26-18-20-10-4-2-5-11-20/h2-15H,16-19H2,1H3,(H,26,30)(H,27,29)/p+1. The Morgan fingerprint density at radius 2 is 1.52 bits per heavy atom. The number of para-hydroxylation sites is 2. The number of ether oxygens (including phenoxy) is 1. The normalized spacial score (nSPS) is 11.4. The molecule has 3 N–H and O–H groups in total. The van der Waals surface area contributed by atoms with Gasteiger partial charge in [0, 0.05) is 6.54 Å². The molecule has 0 aliphatic rings. The van der Waals surface area contributed by atoms with Gasteiger partial charge in [-0.3, -0.25) is 9.59 Å². The maximum Gasteiger partial charge on any atom is 0.279 e. The highest BCUT2D eigenvalue weighted by atomic mass is 16.5. The van der Waals surface area contributed by atoms with E-state index in [0.29, 0.717) is 30.9 Å². The molecule has 0 saturated carbocycles. The first-order valence-electron chi connectivity index (χ1n) is 10.3. The van der Waals surface area contributed by atoms with E-state index in [1.54, 1.807) is 24.3 Å². The van der Waals surface area contributed by atoms with Crippen LogP contribution in [0.15, 0.2) is 84.9 Å². The van der Waals surface area contributed by atoms with Gasteiger partial charge in [0.05, 0.1) is 18.3 Å². The zero-order valence-corrected chi connectivity index (χ0v) is 17.6. The lowest BCUT2D eigenvalue weighted by Crippen LogP contribution is -3.10. The summed E-state index contributed by atoms with van der Waals surface area (Å²) in [4.78, 5) is 26.2. The van der Waals surface area contributed by atoms with Crippen molar-refractivity contribution in [2.24, 2.45) is 0 Å². The average molecular weight is 419 g/mol. The van der Waals surface area contributed by atoms with Crippen molar-refractivity contribution in [3.63, 3.8) is 0 Å². The van der Waals surface area contributed by atoms with Gasteiger partial charge < -0.3 is 20.3 Å². The second-order valence-corrected chi connectivity index (χ2v) is 7.31. The summed E-state index contributed by atoms with van der Waals surface area (Å²) in [7, 11) is 1.94. The van der Waals surface area contributed by atoms with E-state index < -0.39 is 0 Å². The van der Waals surface area contributed by atoms with E-state index in [-0.39, 0.29) is 18.4 Å². The Labute approximate surface area is 182 Å². The molecule has 0 saturated heterocycles. The molecule has 3 aromatic carbocycles. The number of hydrogen-bond acceptors (Lipinski definition) is 3. The second-order valence-electron chi connectivity index (χ2n) is 7.31. The lowest BCUT2D eigenvalue weighted by atomic mass is 10.1. The summed E-state index contributed by atoms with van der Waals surface area (Å²) in [6, 6.07) is 26.3. The van der Waals surface area contributed by atoms with Crippen LogP contribution in [-0.4, -0.2) is 38.6 Å². The van der Waals surface area contributed by atoms with Crippen LogP contribution in [0.3, 0.4) is 0 Å². The van der Waals surface area contributed by atoms with E-state index in [9.17, 15) is 9.59 Å². The Kier molecular flexibility index (Phi) is 8.20. The molecule has 0 aromatic heterocycles. The lowest BCUT2D eigenvalue weighted by Gasteiger charge is -2.15. The van der Waals surface area contributed by atoms with E-state index in [1.165, 1.54) is 0 Å². The van der Waals surface area contributed by atoms with Gasteiger partial charge in [-0.15, -0.1) is 0 Å². The third-order valence-corrected chi connectivity index (χ3v) is 4.74. The quantitative estimate of drug-likeness (QED) is 0.473. The molecule has 6 nitrogen and oxygen atoms in total. The summed E-state index contributed by atoms with van der Waals surface area (Å²) in [5, 5.41) is 5.77. The van der Waals surface area contributed by atoms with Gasteiger partial charge >= 0.3 is 0 Å². The van der Waals surface area contributed by atoms with E-state index in [1.807, 2.05) is 67.7 Å². The molecule has 0 radical (unpaired) electrons. The van der Waals surface area contributed by atoms with Crippen molar-refractivity contribution in [3.05, 3.63) is 96.1 Å². The van der Waals surface area contributed by atoms with Gasteiger partial charge in [0.1, 0.15) is 18.9 Å². The second kappa shape index (κ2) is 11.5. The van der Waals surface area contributed by atoms with Crippen LogP contribution in [0.5, 0.6) is 5.75 Å². The van der Waals surface area contributed by atoms with Crippen LogP contribution in [0.2, 0.25) is 0 Å². The first-order valence-corrected chi connectivity index (χ1v) is 10.3. The maximum atomic E-state index is 12.6. The van der Waals surface area contributed by atoms with Crippen LogP contribution >= 0.6 is 0 Å². The number of quaternary nitrogens is 1. The summed E-state index contributed by atoms with van der Waals surface area (Å²) in [6.07, 6.45) is 0. The smallest absolute Gasteiger partial charge is 0.279 e. The van der Waals surface area contributed by atoms with Crippen molar-refractivity contribution in [1.82, 2.24) is 5.32 Å². The summed E-state index contributed by atoms with van der Waals surface area (Å²) in [5.41, 5.74) is 1.96. The van der Waals surface area contributed by atoms with Gasteiger partial charge in [-0.1, -0.05) is 60.7 Å². The van der Waals surface area contributed by atoms with E-state index in [2.05, 4.69) is 10.6 Å². The first-order chi connectivity index (χ1) is 15.1. The molecule has 2 amide bonds. The minimum atomic E-state index is -0.225. The Bertz CT molecular complexity index is 978. The molecule has 160 valence electrons. The van der Waals surface area contributed by atoms with Gasteiger partial charge in [-0.2, -0.15) is 0 Å². The molecule has 3 rings (SSSR count). The van der Waals surface area contributed by atoms with Crippen molar-refractivity contribution in [1.29, 1.82) is 0 Å². The van der Waals surface area contributed by atoms with Gasteiger partial charge in [0.2, 0.25) is 0 Å². The monoisotopic (exact) mass is 418 g/mol. The summed E-state index contributed by atoms with van der Waals surface area (Å²) >= 11 is 0. The van der Waals surface area contributed by atoms with Gasteiger partial charge in [0.25, 0.3) is 11.8 Å². The third-order valence-electron chi connectivity index (χ3n) is 4.74.